The van der Waals surface area contributed by atoms with E-state index in [0.717, 1.165) is 28.0 Å². The van der Waals surface area contributed by atoms with Gasteiger partial charge in [0.25, 0.3) is 0 Å². The first-order valence-electron chi connectivity index (χ1n) is 8.14. The molecule has 0 radical (unpaired) electrons. The van der Waals surface area contributed by atoms with Crippen molar-refractivity contribution < 1.29 is 4.39 Å². The Kier molecular flexibility index (Phi) is 4.27. The van der Waals surface area contributed by atoms with E-state index in [9.17, 15) is 4.39 Å². The van der Waals surface area contributed by atoms with Gasteiger partial charge in [0, 0.05) is 28.7 Å². The fourth-order valence-corrected chi connectivity index (χ4v) is 2.96. The molecule has 26 heavy (non-hydrogen) atoms. The van der Waals surface area contributed by atoms with E-state index in [1.54, 1.807) is 12.1 Å². The SMILES string of the molecule is CN(c1ccc(F)cc1)c1nc(-c2ccc(Cl)cc2)nc2ccccc12. The molecule has 5 heteroatoms. The quantitative estimate of drug-likeness (QED) is 0.456. The van der Waals surface area contributed by atoms with Gasteiger partial charge < -0.3 is 4.90 Å². The van der Waals surface area contributed by atoms with Gasteiger partial charge in [-0.1, -0.05) is 23.7 Å². The van der Waals surface area contributed by atoms with Crippen molar-refractivity contribution in [3.63, 3.8) is 0 Å². The summed E-state index contributed by atoms with van der Waals surface area (Å²) >= 11 is 5.99. The van der Waals surface area contributed by atoms with Crippen LogP contribution in [0.25, 0.3) is 22.3 Å². The molecular formula is C21H15ClFN3. The van der Waals surface area contributed by atoms with Crippen LogP contribution in [0.3, 0.4) is 0 Å². The van der Waals surface area contributed by atoms with Crippen molar-refractivity contribution in [3.05, 3.63) is 83.6 Å². The van der Waals surface area contributed by atoms with E-state index in [0.29, 0.717) is 10.8 Å². The van der Waals surface area contributed by atoms with Crippen LogP contribution in [0.5, 0.6) is 0 Å². The molecule has 0 unspecified atom stereocenters. The number of para-hydroxylation sites is 1. The lowest BCUT2D eigenvalue weighted by Gasteiger charge is -2.21. The first-order chi connectivity index (χ1) is 12.6. The zero-order chi connectivity index (χ0) is 18.1. The average molecular weight is 364 g/mol. The van der Waals surface area contributed by atoms with Gasteiger partial charge >= 0.3 is 0 Å². The first kappa shape index (κ1) is 16.5. The van der Waals surface area contributed by atoms with Crippen LogP contribution in [0.2, 0.25) is 5.02 Å². The Balaban J connectivity index is 1.89. The molecule has 1 heterocycles. The van der Waals surface area contributed by atoms with Crippen LogP contribution in [-0.4, -0.2) is 17.0 Å². The molecule has 0 aliphatic carbocycles. The molecule has 0 N–H and O–H groups in total. The van der Waals surface area contributed by atoms with Gasteiger partial charge in [-0.2, -0.15) is 0 Å². The van der Waals surface area contributed by atoms with Crippen LogP contribution in [-0.2, 0) is 0 Å². The lowest BCUT2D eigenvalue weighted by molar-refractivity contribution is 0.628. The monoisotopic (exact) mass is 363 g/mol. The third-order valence-corrected chi connectivity index (χ3v) is 4.47. The van der Waals surface area contributed by atoms with Crippen LogP contribution in [0.1, 0.15) is 0 Å². The van der Waals surface area contributed by atoms with E-state index >= 15 is 0 Å². The average Bonchev–Trinajstić information content (AvgIpc) is 2.68. The summed E-state index contributed by atoms with van der Waals surface area (Å²) in [7, 11) is 1.91. The van der Waals surface area contributed by atoms with Crippen molar-refractivity contribution in [1.82, 2.24) is 9.97 Å². The number of hydrogen-bond acceptors (Lipinski definition) is 3. The summed E-state index contributed by atoms with van der Waals surface area (Å²) in [6.07, 6.45) is 0. The molecule has 3 nitrogen and oxygen atoms in total. The molecule has 0 saturated heterocycles. The predicted molar refractivity (Wildman–Crippen MR) is 104 cm³/mol. The van der Waals surface area contributed by atoms with Crippen molar-refractivity contribution in [2.75, 3.05) is 11.9 Å². The molecule has 0 amide bonds. The minimum absolute atomic E-state index is 0.267. The minimum Gasteiger partial charge on any atom is -0.329 e. The Morgan fingerprint density at radius 1 is 0.846 bits per heavy atom. The third-order valence-electron chi connectivity index (χ3n) is 4.22. The topological polar surface area (TPSA) is 29.0 Å². The van der Waals surface area contributed by atoms with E-state index in [1.807, 2.05) is 60.5 Å². The normalized spacial score (nSPS) is 10.9. The highest BCUT2D eigenvalue weighted by molar-refractivity contribution is 6.30. The van der Waals surface area contributed by atoms with Gasteiger partial charge in [0.15, 0.2) is 5.82 Å². The smallest absolute Gasteiger partial charge is 0.162 e. The van der Waals surface area contributed by atoms with Crippen LogP contribution < -0.4 is 4.90 Å². The molecular weight excluding hydrogens is 349 g/mol. The van der Waals surface area contributed by atoms with E-state index < -0.39 is 0 Å². The maximum absolute atomic E-state index is 13.3. The molecule has 4 rings (SSSR count). The lowest BCUT2D eigenvalue weighted by Crippen LogP contribution is -2.13. The minimum atomic E-state index is -0.267. The molecule has 128 valence electrons. The van der Waals surface area contributed by atoms with Crippen molar-refractivity contribution in [1.29, 1.82) is 0 Å². The number of anilines is 2. The largest absolute Gasteiger partial charge is 0.329 e. The molecule has 3 aromatic carbocycles. The predicted octanol–water partition coefficient (Wildman–Crippen LogP) is 5.86. The number of nitrogens with zero attached hydrogens (tertiary/aromatic N) is 3. The summed E-state index contributed by atoms with van der Waals surface area (Å²) in [5.41, 5.74) is 2.57. The number of rotatable bonds is 3. The molecule has 0 aliphatic rings. The Morgan fingerprint density at radius 2 is 1.54 bits per heavy atom. The fraction of sp³-hybridized carbons (Fsp3) is 0.0476. The van der Waals surface area contributed by atoms with E-state index in [4.69, 9.17) is 16.6 Å². The second-order valence-electron chi connectivity index (χ2n) is 5.93. The van der Waals surface area contributed by atoms with Crippen molar-refractivity contribution in [2.45, 2.75) is 0 Å². The van der Waals surface area contributed by atoms with Gasteiger partial charge in [-0.25, -0.2) is 14.4 Å². The summed E-state index contributed by atoms with van der Waals surface area (Å²) < 4.78 is 13.3. The van der Waals surface area contributed by atoms with Crippen LogP contribution in [0.4, 0.5) is 15.9 Å². The van der Waals surface area contributed by atoms with E-state index in [-0.39, 0.29) is 5.82 Å². The van der Waals surface area contributed by atoms with Gasteiger partial charge in [-0.15, -0.1) is 0 Å². The van der Waals surface area contributed by atoms with Gasteiger partial charge in [0.2, 0.25) is 0 Å². The second-order valence-corrected chi connectivity index (χ2v) is 6.37. The van der Waals surface area contributed by atoms with Crippen LogP contribution >= 0.6 is 11.6 Å². The van der Waals surface area contributed by atoms with Gasteiger partial charge in [0.1, 0.15) is 11.6 Å². The zero-order valence-electron chi connectivity index (χ0n) is 14.0. The molecule has 0 aliphatic heterocycles. The van der Waals surface area contributed by atoms with Crippen molar-refractivity contribution >= 4 is 34.0 Å². The van der Waals surface area contributed by atoms with Crippen molar-refractivity contribution in [3.8, 4) is 11.4 Å². The highest BCUT2D eigenvalue weighted by Gasteiger charge is 2.14. The van der Waals surface area contributed by atoms with E-state index in [2.05, 4.69) is 4.98 Å². The Bertz CT molecular complexity index is 1060. The number of aromatic nitrogens is 2. The summed E-state index contributed by atoms with van der Waals surface area (Å²) in [5.74, 6) is 1.10. The van der Waals surface area contributed by atoms with Crippen LogP contribution in [0.15, 0.2) is 72.8 Å². The number of fused-ring (bicyclic) bond motifs is 1. The summed E-state index contributed by atoms with van der Waals surface area (Å²) in [5, 5.41) is 1.59. The third kappa shape index (κ3) is 3.11. The van der Waals surface area contributed by atoms with E-state index in [1.165, 1.54) is 12.1 Å². The summed E-state index contributed by atoms with van der Waals surface area (Å²) in [4.78, 5) is 11.4. The Hall–Kier alpha value is -2.98. The maximum atomic E-state index is 13.3. The van der Waals surface area contributed by atoms with Crippen LogP contribution in [0, 0.1) is 5.82 Å². The number of hydrogen-bond donors (Lipinski definition) is 0. The lowest BCUT2D eigenvalue weighted by atomic mass is 10.1. The zero-order valence-corrected chi connectivity index (χ0v) is 14.8. The molecule has 4 aromatic rings. The molecule has 0 saturated carbocycles. The molecule has 0 spiro atoms. The molecule has 0 bridgehead atoms. The first-order valence-corrected chi connectivity index (χ1v) is 8.51. The molecule has 0 fully saturated rings. The Morgan fingerprint density at radius 3 is 2.27 bits per heavy atom. The molecule has 0 atom stereocenters. The van der Waals surface area contributed by atoms with Crippen molar-refractivity contribution in [2.24, 2.45) is 0 Å². The van der Waals surface area contributed by atoms with Gasteiger partial charge in [0.05, 0.1) is 5.52 Å². The summed E-state index contributed by atoms with van der Waals surface area (Å²) in [6, 6.07) is 21.6. The maximum Gasteiger partial charge on any atom is 0.162 e. The second kappa shape index (κ2) is 6.73. The number of halogens is 2. The summed E-state index contributed by atoms with van der Waals surface area (Å²) in [6.45, 7) is 0. The standard InChI is InChI=1S/C21H15ClFN3/c1-26(17-12-10-16(23)11-13-17)21-18-4-2-3-5-19(18)24-20(25-21)14-6-8-15(22)9-7-14/h2-13H,1H3. The van der Waals surface area contributed by atoms with Gasteiger partial charge in [-0.3, -0.25) is 0 Å². The highest BCUT2D eigenvalue weighted by atomic mass is 35.5. The highest BCUT2D eigenvalue weighted by Crippen LogP contribution is 2.31. The van der Waals surface area contributed by atoms with Gasteiger partial charge in [-0.05, 0) is 60.7 Å². The molecule has 1 aromatic heterocycles. The fourth-order valence-electron chi connectivity index (χ4n) is 2.83. The number of benzene rings is 3. The Labute approximate surface area is 155 Å².